The van der Waals surface area contributed by atoms with Crippen molar-refractivity contribution in [3.63, 3.8) is 0 Å². The van der Waals surface area contributed by atoms with Crippen LogP contribution in [0.15, 0.2) is 24.3 Å². The van der Waals surface area contributed by atoms with Crippen LogP contribution in [0.2, 0.25) is 0 Å². The van der Waals surface area contributed by atoms with Crippen LogP contribution in [0.25, 0.3) is 0 Å². The molecule has 1 atom stereocenters. The van der Waals surface area contributed by atoms with Gasteiger partial charge < -0.3 is 5.73 Å². The van der Waals surface area contributed by atoms with E-state index in [4.69, 9.17) is 5.73 Å². The zero-order valence-electron chi connectivity index (χ0n) is 6.37. The second kappa shape index (κ2) is 3.19. The largest absolute Gasteiger partial charge is 0.398 e. The third kappa shape index (κ3) is 1.58. The summed E-state index contributed by atoms with van der Waals surface area (Å²) in [7, 11) is 0. The first-order chi connectivity index (χ1) is 5.25. The van der Waals surface area contributed by atoms with Crippen molar-refractivity contribution in [2.24, 2.45) is 0 Å². The Morgan fingerprint density at radius 3 is 2.64 bits per heavy atom. The number of anilines is 1. The van der Waals surface area contributed by atoms with Gasteiger partial charge >= 0.3 is 0 Å². The number of para-hydroxylation sites is 1. The van der Waals surface area contributed by atoms with E-state index in [1.807, 2.05) is 24.5 Å². The maximum absolute atomic E-state index is 10.3. The molecule has 0 aliphatic rings. The average molecular weight is 148 g/mol. The highest BCUT2D eigenvalue weighted by atomic mass is 16.1. The van der Waals surface area contributed by atoms with Crippen LogP contribution in [0.5, 0.6) is 0 Å². The maximum atomic E-state index is 10.3. The van der Waals surface area contributed by atoms with Crippen molar-refractivity contribution in [3.05, 3.63) is 29.8 Å². The molecule has 0 saturated carbocycles. The Labute approximate surface area is 66.0 Å². The van der Waals surface area contributed by atoms with Crippen LogP contribution in [0.3, 0.4) is 0 Å². The van der Waals surface area contributed by atoms with Crippen molar-refractivity contribution in [2.45, 2.75) is 12.8 Å². The van der Waals surface area contributed by atoms with Crippen LogP contribution in [-0.4, -0.2) is 6.29 Å². The number of nitrogen functional groups attached to an aromatic ring is 1. The van der Waals surface area contributed by atoms with E-state index >= 15 is 0 Å². The molecule has 1 aromatic carbocycles. The minimum atomic E-state index is -0.226. The summed E-state index contributed by atoms with van der Waals surface area (Å²) in [6.45, 7) is 1.78. The van der Waals surface area contributed by atoms with Crippen molar-refractivity contribution in [1.82, 2.24) is 0 Å². The van der Waals surface area contributed by atoms with Gasteiger partial charge in [0.1, 0.15) is 0 Å². The summed E-state index contributed by atoms with van der Waals surface area (Å²) in [6.07, 6.45) is 1.89. The molecule has 0 amide bonds. The molecule has 1 unspecified atom stereocenters. The van der Waals surface area contributed by atoms with E-state index in [1.54, 1.807) is 13.0 Å². The van der Waals surface area contributed by atoms with Gasteiger partial charge in [-0.05, 0) is 11.6 Å². The zero-order valence-corrected chi connectivity index (χ0v) is 6.37. The highest BCUT2D eigenvalue weighted by molar-refractivity contribution is 5.67. The van der Waals surface area contributed by atoms with Gasteiger partial charge in [-0.3, -0.25) is 4.79 Å². The molecule has 57 valence electrons. The molecule has 0 heterocycles. The lowest BCUT2D eigenvalue weighted by atomic mass is 10.0. The topological polar surface area (TPSA) is 43.1 Å². The monoisotopic (exact) mass is 148 g/mol. The summed E-state index contributed by atoms with van der Waals surface area (Å²) in [5.74, 6) is -0.226. The minimum absolute atomic E-state index is 0.226. The van der Waals surface area contributed by atoms with E-state index < -0.39 is 0 Å². The van der Waals surface area contributed by atoms with Gasteiger partial charge in [0.15, 0.2) is 0 Å². The normalized spacial score (nSPS) is 12.5. The molecule has 0 aromatic heterocycles. The molecule has 0 bridgehead atoms. The van der Waals surface area contributed by atoms with Gasteiger partial charge in [-0.2, -0.15) is 0 Å². The highest BCUT2D eigenvalue weighted by Crippen LogP contribution is 2.19. The van der Waals surface area contributed by atoms with Crippen LogP contribution in [-0.2, 0) is 4.79 Å². The fraction of sp³-hybridized carbons (Fsp3) is 0.222. The highest BCUT2D eigenvalue weighted by Gasteiger charge is 2.06. The van der Waals surface area contributed by atoms with Gasteiger partial charge in [-0.25, -0.2) is 0 Å². The van der Waals surface area contributed by atoms with Crippen molar-refractivity contribution in [2.75, 3.05) is 5.73 Å². The van der Waals surface area contributed by atoms with E-state index in [1.165, 1.54) is 0 Å². The molecule has 0 fully saturated rings. The molecule has 1 radical (unpaired) electrons. The Morgan fingerprint density at radius 2 is 2.09 bits per heavy atom. The predicted octanol–water partition coefficient (Wildman–Crippen LogP) is 1.48. The minimum Gasteiger partial charge on any atom is -0.398 e. The number of rotatable bonds is 2. The van der Waals surface area contributed by atoms with Crippen molar-refractivity contribution in [3.8, 4) is 0 Å². The second-order valence-corrected chi connectivity index (χ2v) is 2.47. The first-order valence-electron chi connectivity index (χ1n) is 3.47. The van der Waals surface area contributed by atoms with Gasteiger partial charge in [-0.15, -0.1) is 0 Å². The van der Waals surface area contributed by atoms with Crippen LogP contribution in [0.4, 0.5) is 5.69 Å². The number of nitrogens with two attached hydrogens (primary N) is 1. The van der Waals surface area contributed by atoms with Crippen molar-refractivity contribution < 1.29 is 4.79 Å². The molecule has 1 rings (SSSR count). The quantitative estimate of drug-likeness (QED) is 0.645. The Hall–Kier alpha value is -1.31. The average Bonchev–Trinajstić information content (AvgIpc) is 2.04. The SMILES string of the molecule is CC([C]=O)c1ccccc1N. The number of benzene rings is 1. The molecule has 2 N–H and O–H groups in total. The van der Waals surface area contributed by atoms with Gasteiger partial charge in [0.25, 0.3) is 0 Å². The zero-order chi connectivity index (χ0) is 8.27. The lowest BCUT2D eigenvalue weighted by Crippen LogP contribution is -1.99. The molecule has 0 spiro atoms. The molecule has 2 nitrogen and oxygen atoms in total. The molecule has 11 heavy (non-hydrogen) atoms. The summed E-state index contributed by atoms with van der Waals surface area (Å²) < 4.78 is 0. The Bertz CT molecular complexity index is 257. The Kier molecular flexibility index (Phi) is 2.26. The maximum Gasteiger partial charge on any atom is 0.206 e. The molecular weight excluding hydrogens is 138 g/mol. The van der Waals surface area contributed by atoms with E-state index in [0.29, 0.717) is 5.69 Å². The third-order valence-electron chi connectivity index (χ3n) is 1.64. The van der Waals surface area contributed by atoms with E-state index in [9.17, 15) is 4.79 Å². The molecular formula is C9H10NO. The lowest BCUT2D eigenvalue weighted by molar-refractivity contribution is 0.546. The smallest absolute Gasteiger partial charge is 0.206 e. The number of hydrogen-bond donors (Lipinski definition) is 1. The number of carbonyl (C=O) groups excluding carboxylic acids is 1. The second-order valence-electron chi connectivity index (χ2n) is 2.47. The third-order valence-corrected chi connectivity index (χ3v) is 1.64. The first-order valence-corrected chi connectivity index (χ1v) is 3.47. The summed E-state index contributed by atoms with van der Waals surface area (Å²) >= 11 is 0. The van der Waals surface area contributed by atoms with Crippen LogP contribution in [0.1, 0.15) is 18.4 Å². The van der Waals surface area contributed by atoms with Crippen molar-refractivity contribution >= 4 is 12.0 Å². The van der Waals surface area contributed by atoms with E-state index in [-0.39, 0.29) is 5.92 Å². The summed E-state index contributed by atoms with van der Waals surface area (Å²) in [4.78, 5) is 10.3. The van der Waals surface area contributed by atoms with Crippen LogP contribution >= 0.6 is 0 Å². The van der Waals surface area contributed by atoms with Crippen LogP contribution in [0, 0.1) is 0 Å². The lowest BCUT2D eigenvalue weighted by Gasteiger charge is -2.05. The van der Waals surface area contributed by atoms with E-state index in [0.717, 1.165) is 5.56 Å². The molecule has 0 aliphatic carbocycles. The first kappa shape index (κ1) is 7.79. The summed E-state index contributed by atoms with van der Waals surface area (Å²) in [5, 5.41) is 0. The van der Waals surface area contributed by atoms with Crippen molar-refractivity contribution in [1.29, 1.82) is 0 Å². The summed E-state index contributed by atoms with van der Waals surface area (Å²) in [6, 6.07) is 7.32. The number of hydrogen-bond acceptors (Lipinski definition) is 2. The molecule has 1 aromatic rings. The molecule has 0 aliphatic heterocycles. The molecule has 2 heteroatoms. The Morgan fingerprint density at radius 1 is 1.45 bits per heavy atom. The molecule has 0 saturated heterocycles. The fourth-order valence-electron chi connectivity index (χ4n) is 0.969. The van der Waals surface area contributed by atoms with Crippen LogP contribution < -0.4 is 5.73 Å². The van der Waals surface area contributed by atoms with Gasteiger partial charge in [0, 0.05) is 11.6 Å². The summed E-state index contributed by atoms with van der Waals surface area (Å²) in [5.41, 5.74) is 7.12. The van der Waals surface area contributed by atoms with Gasteiger partial charge in [-0.1, -0.05) is 25.1 Å². The predicted molar refractivity (Wildman–Crippen MR) is 45.0 cm³/mol. The van der Waals surface area contributed by atoms with Gasteiger partial charge in [0.2, 0.25) is 6.29 Å². The van der Waals surface area contributed by atoms with E-state index in [2.05, 4.69) is 0 Å². The standard InChI is InChI=1S/C9H10NO/c1-7(6-11)8-4-2-3-5-9(8)10/h2-5,7H,10H2,1H3. The fourth-order valence-corrected chi connectivity index (χ4v) is 0.969. The Balaban J connectivity index is 3.02. The van der Waals surface area contributed by atoms with Gasteiger partial charge in [0.05, 0.1) is 0 Å².